The molecule has 4 heteroatoms. The van der Waals surface area contributed by atoms with Gasteiger partial charge in [0.2, 0.25) is 0 Å². The third-order valence-electron chi connectivity index (χ3n) is 2.45. The number of ether oxygens (including phenoxy) is 1. The average Bonchev–Trinajstić information content (AvgIpc) is 2.37. The number of carbonyl (C=O) groups excluding carboxylic acids is 1. The van der Waals surface area contributed by atoms with E-state index in [1.54, 1.807) is 0 Å². The zero-order chi connectivity index (χ0) is 8.60. The van der Waals surface area contributed by atoms with Crippen molar-refractivity contribution in [2.75, 3.05) is 6.61 Å². The number of carbonyl (C=O) groups is 1. The molecular formula is C8H11NO3. The van der Waals surface area contributed by atoms with Crippen molar-refractivity contribution >= 4 is 6.09 Å². The summed E-state index contributed by atoms with van der Waals surface area (Å²) in [4.78, 5) is 10.9. The summed E-state index contributed by atoms with van der Waals surface area (Å²) in [5.41, 5.74) is -0.560. The van der Waals surface area contributed by atoms with Gasteiger partial charge in [0.15, 0.2) is 0 Å². The van der Waals surface area contributed by atoms with Gasteiger partial charge in [-0.3, -0.25) is 5.21 Å². The van der Waals surface area contributed by atoms with Gasteiger partial charge in [0.1, 0.15) is 12.1 Å². The number of hydroxylamine groups is 2. The second kappa shape index (κ2) is 2.48. The van der Waals surface area contributed by atoms with Crippen molar-refractivity contribution < 1.29 is 14.7 Å². The molecule has 0 saturated carbocycles. The highest BCUT2D eigenvalue weighted by Crippen LogP contribution is 2.32. The molecule has 0 aromatic rings. The number of hydrogen-bond acceptors (Lipinski definition) is 3. The topological polar surface area (TPSA) is 49.8 Å². The van der Waals surface area contributed by atoms with Crippen LogP contribution in [-0.2, 0) is 4.74 Å². The smallest absolute Gasteiger partial charge is 0.434 e. The number of amides is 1. The van der Waals surface area contributed by atoms with Crippen LogP contribution in [0.2, 0.25) is 0 Å². The van der Waals surface area contributed by atoms with Crippen molar-refractivity contribution in [2.24, 2.45) is 0 Å². The van der Waals surface area contributed by atoms with Gasteiger partial charge < -0.3 is 4.74 Å². The highest BCUT2D eigenvalue weighted by Gasteiger charge is 2.45. The van der Waals surface area contributed by atoms with Crippen molar-refractivity contribution in [1.29, 1.82) is 0 Å². The summed E-state index contributed by atoms with van der Waals surface area (Å²) in [7, 11) is 0. The van der Waals surface area contributed by atoms with E-state index in [0.29, 0.717) is 5.06 Å². The lowest BCUT2D eigenvalue weighted by molar-refractivity contribution is -0.0906. The molecular weight excluding hydrogens is 158 g/mol. The van der Waals surface area contributed by atoms with Crippen LogP contribution in [0.25, 0.3) is 0 Å². The Labute approximate surface area is 70.4 Å². The average molecular weight is 169 g/mol. The summed E-state index contributed by atoms with van der Waals surface area (Å²) in [6, 6.07) is 0. The zero-order valence-corrected chi connectivity index (χ0v) is 6.69. The van der Waals surface area contributed by atoms with E-state index in [0.717, 1.165) is 19.3 Å². The molecule has 1 amide bonds. The highest BCUT2D eigenvalue weighted by molar-refractivity contribution is 5.70. The van der Waals surface area contributed by atoms with Crippen LogP contribution >= 0.6 is 0 Å². The summed E-state index contributed by atoms with van der Waals surface area (Å²) in [5, 5.41) is 10.1. The van der Waals surface area contributed by atoms with E-state index in [1.807, 2.05) is 12.2 Å². The van der Waals surface area contributed by atoms with E-state index in [-0.39, 0.29) is 6.61 Å². The van der Waals surface area contributed by atoms with Gasteiger partial charge in [-0.1, -0.05) is 12.2 Å². The summed E-state index contributed by atoms with van der Waals surface area (Å²) in [5.74, 6) is 0. The molecule has 1 aliphatic heterocycles. The normalized spacial score (nSPS) is 34.4. The Hall–Kier alpha value is -1.03. The molecule has 1 saturated heterocycles. The Morgan fingerprint density at radius 3 is 3.00 bits per heavy atom. The van der Waals surface area contributed by atoms with Crippen molar-refractivity contribution in [2.45, 2.75) is 24.8 Å². The SMILES string of the molecule is O=C1OCC2(C=CCCC2)N1O. The zero-order valence-electron chi connectivity index (χ0n) is 6.69. The number of hydrogen-bond donors (Lipinski definition) is 1. The van der Waals surface area contributed by atoms with Crippen molar-refractivity contribution in [3.63, 3.8) is 0 Å². The minimum Gasteiger partial charge on any atom is -0.445 e. The fraction of sp³-hybridized carbons (Fsp3) is 0.625. The summed E-state index contributed by atoms with van der Waals surface area (Å²) < 4.78 is 4.74. The molecule has 2 rings (SSSR count). The fourth-order valence-electron chi connectivity index (χ4n) is 1.70. The standard InChI is InChI=1S/C8H11NO3/c10-7-9(11)8(6-12-7)4-2-1-3-5-8/h2,4,11H,1,3,5-6H2. The molecule has 1 unspecified atom stereocenters. The fourth-order valence-corrected chi connectivity index (χ4v) is 1.70. The maximum absolute atomic E-state index is 10.9. The van der Waals surface area contributed by atoms with Crippen LogP contribution < -0.4 is 0 Å². The molecule has 1 atom stereocenters. The van der Waals surface area contributed by atoms with Gasteiger partial charge in [0.25, 0.3) is 0 Å². The minimum absolute atomic E-state index is 0.277. The van der Waals surface area contributed by atoms with Crippen LogP contribution in [0.4, 0.5) is 4.79 Å². The van der Waals surface area contributed by atoms with Crippen LogP contribution in [0.5, 0.6) is 0 Å². The maximum atomic E-state index is 10.9. The molecule has 0 bridgehead atoms. The van der Waals surface area contributed by atoms with Crippen LogP contribution in [0.1, 0.15) is 19.3 Å². The van der Waals surface area contributed by atoms with Crippen molar-refractivity contribution in [3.05, 3.63) is 12.2 Å². The van der Waals surface area contributed by atoms with Gasteiger partial charge in [-0.2, -0.15) is 5.06 Å². The van der Waals surface area contributed by atoms with Gasteiger partial charge in [-0.25, -0.2) is 4.79 Å². The van der Waals surface area contributed by atoms with E-state index < -0.39 is 11.6 Å². The van der Waals surface area contributed by atoms with Gasteiger partial charge in [-0.15, -0.1) is 0 Å². The molecule has 0 aromatic carbocycles. The summed E-state index contributed by atoms with van der Waals surface area (Å²) in [6.07, 6.45) is 6.00. The monoisotopic (exact) mass is 169 g/mol. The van der Waals surface area contributed by atoms with Gasteiger partial charge in [-0.05, 0) is 19.3 Å². The minimum atomic E-state index is -0.637. The molecule has 1 N–H and O–H groups in total. The molecule has 12 heavy (non-hydrogen) atoms. The first-order valence-electron chi connectivity index (χ1n) is 4.08. The lowest BCUT2D eigenvalue weighted by Gasteiger charge is -2.29. The Balaban J connectivity index is 2.25. The molecule has 1 heterocycles. The Bertz CT molecular complexity index is 238. The third-order valence-corrected chi connectivity index (χ3v) is 2.45. The lowest BCUT2D eigenvalue weighted by atomic mass is 9.89. The highest BCUT2D eigenvalue weighted by atomic mass is 16.7. The Morgan fingerprint density at radius 1 is 1.67 bits per heavy atom. The second-order valence-electron chi connectivity index (χ2n) is 3.26. The second-order valence-corrected chi connectivity index (χ2v) is 3.26. The lowest BCUT2D eigenvalue weighted by Crippen LogP contribution is -2.44. The molecule has 0 radical (unpaired) electrons. The van der Waals surface area contributed by atoms with E-state index in [1.165, 1.54) is 0 Å². The van der Waals surface area contributed by atoms with Crippen molar-refractivity contribution in [3.8, 4) is 0 Å². The number of cyclic esters (lactones) is 1. The predicted octanol–water partition coefficient (Wildman–Crippen LogP) is 1.31. The first-order valence-corrected chi connectivity index (χ1v) is 4.08. The first kappa shape index (κ1) is 7.61. The van der Waals surface area contributed by atoms with Crippen LogP contribution in [0, 0.1) is 0 Å². The first-order chi connectivity index (χ1) is 5.75. The van der Waals surface area contributed by atoms with E-state index in [9.17, 15) is 10.0 Å². The third kappa shape index (κ3) is 0.914. The van der Waals surface area contributed by atoms with Crippen molar-refractivity contribution in [1.82, 2.24) is 5.06 Å². The molecule has 1 spiro atoms. The van der Waals surface area contributed by atoms with Gasteiger partial charge in [0, 0.05) is 0 Å². The number of rotatable bonds is 0. The van der Waals surface area contributed by atoms with Crippen LogP contribution in [-0.4, -0.2) is 28.5 Å². The molecule has 4 nitrogen and oxygen atoms in total. The van der Waals surface area contributed by atoms with E-state index in [2.05, 4.69) is 0 Å². The molecule has 0 aromatic heterocycles. The summed E-state index contributed by atoms with van der Waals surface area (Å²) in [6.45, 7) is 0.277. The van der Waals surface area contributed by atoms with Crippen LogP contribution in [0.3, 0.4) is 0 Å². The predicted molar refractivity (Wildman–Crippen MR) is 40.7 cm³/mol. The van der Waals surface area contributed by atoms with E-state index in [4.69, 9.17) is 4.74 Å². The van der Waals surface area contributed by atoms with Gasteiger partial charge >= 0.3 is 6.09 Å². The van der Waals surface area contributed by atoms with Crippen LogP contribution in [0.15, 0.2) is 12.2 Å². The van der Waals surface area contributed by atoms with E-state index >= 15 is 0 Å². The molecule has 66 valence electrons. The summed E-state index contributed by atoms with van der Waals surface area (Å²) >= 11 is 0. The Kier molecular flexibility index (Phi) is 1.58. The Morgan fingerprint density at radius 2 is 2.50 bits per heavy atom. The maximum Gasteiger partial charge on any atom is 0.434 e. The quantitative estimate of drug-likeness (QED) is 0.439. The van der Waals surface area contributed by atoms with Gasteiger partial charge in [0.05, 0.1) is 0 Å². The molecule has 2 aliphatic rings. The molecule has 1 aliphatic carbocycles. The molecule has 1 fully saturated rings. The number of nitrogens with zero attached hydrogens (tertiary/aromatic N) is 1. The number of allylic oxidation sites excluding steroid dienone is 1. The largest absolute Gasteiger partial charge is 0.445 e.